The Labute approximate surface area is 129 Å². The maximum atomic E-state index is 6.16. The van der Waals surface area contributed by atoms with Gasteiger partial charge in [0.25, 0.3) is 0 Å². The average molecular weight is 310 g/mol. The molecule has 2 rings (SSSR count). The van der Waals surface area contributed by atoms with E-state index < -0.39 is 0 Å². The zero-order valence-corrected chi connectivity index (χ0v) is 13.2. The Morgan fingerprint density at radius 2 is 1.80 bits per heavy atom. The molecule has 0 radical (unpaired) electrons. The lowest BCUT2D eigenvalue weighted by Crippen LogP contribution is -2.18. The predicted molar refractivity (Wildman–Crippen MR) is 85.1 cm³/mol. The molecular weight excluding hydrogens is 293 g/mol. The molecule has 1 N–H and O–H groups in total. The number of methoxy groups -OCH3 is 1. The molecular formula is C16H17Cl2NO. The summed E-state index contributed by atoms with van der Waals surface area (Å²) in [5.41, 5.74) is 3.19. The van der Waals surface area contributed by atoms with Crippen molar-refractivity contribution in [1.29, 1.82) is 0 Å². The fourth-order valence-electron chi connectivity index (χ4n) is 2.36. The van der Waals surface area contributed by atoms with Crippen LogP contribution < -0.4 is 10.1 Å². The number of nitrogens with one attached hydrogen (secondary N) is 1. The molecule has 106 valence electrons. The summed E-state index contributed by atoms with van der Waals surface area (Å²) in [6.07, 6.45) is 0. The summed E-state index contributed by atoms with van der Waals surface area (Å²) in [7, 11) is 3.56. The molecule has 0 heterocycles. The van der Waals surface area contributed by atoms with Crippen molar-refractivity contribution in [1.82, 2.24) is 5.32 Å². The molecule has 20 heavy (non-hydrogen) atoms. The van der Waals surface area contributed by atoms with Crippen molar-refractivity contribution in [2.45, 2.75) is 13.0 Å². The maximum Gasteiger partial charge on any atom is 0.124 e. The number of hydrogen-bond donors (Lipinski definition) is 1. The number of ether oxygens (including phenoxy) is 1. The zero-order chi connectivity index (χ0) is 14.7. The molecule has 0 bridgehead atoms. The van der Waals surface area contributed by atoms with Crippen LogP contribution >= 0.6 is 23.2 Å². The van der Waals surface area contributed by atoms with Crippen LogP contribution in [0.3, 0.4) is 0 Å². The van der Waals surface area contributed by atoms with E-state index in [1.54, 1.807) is 7.11 Å². The van der Waals surface area contributed by atoms with E-state index in [4.69, 9.17) is 27.9 Å². The highest BCUT2D eigenvalue weighted by atomic mass is 35.5. The van der Waals surface area contributed by atoms with Gasteiger partial charge in [0.05, 0.1) is 13.2 Å². The molecule has 4 heteroatoms. The Hall–Kier alpha value is -1.22. The van der Waals surface area contributed by atoms with Gasteiger partial charge in [0.1, 0.15) is 5.75 Å². The molecule has 0 aromatic heterocycles. The Kier molecular flexibility index (Phi) is 4.92. The third-order valence-corrected chi connectivity index (χ3v) is 3.64. The molecule has 2 aromatic carbocycles. The van der Waals surface area contributed by atoms with Gasteiger partial charge in [-0.25, -0.2) is 0 Å². The van der Waals surface area contributed by atoms with Gasteiger partial charge in [0.2, 0.25) is 0 Å². The van der Waals surface area contributed by atoms with Gasteiger partial charge < -0.3 is 10.1 Å². The second kappa shape index (κ2) is 6.49. The first-order valence-electron chi connectivity index (χ1n) is 6.33. The van der Waals surface area contributed by atoms with Gasteiger partial charge in [-0.1, -0.05) is 29.3 Å². The van der Waals surface area contributed by atoms with Crippen LogP contribution in [0.2, 0.25) is 10.0 Å². The van der Waals surface area contributed by atoms with Crippen molar-refractivity contribution in [3.05, 3.63) is 63.1 Å². The maximum absolute atomic E-state index is 6.16. The summed E-state index contributed by atoms with van der Waals surface area (Å²) in [5, 5.41) is 4.70. The Bertz CT molecular complexity index is 593. The normalized spacial score (nSPS) is 12.2. The van der Waals surface area contributed by atoms with Crippen LogP contribution in [0, 0.1) is 6.92 Å². The van der Waals surface area contributed by atoms with Crippen molar-refractivity contribution in [2.75, 3.05) is 14.2 Å². The van der Waals surface area contributed by atoms with Crippen LogP contribution in [0.5, 0.6) is 5.75 Å². The Morgan fingerprint density at radius 3 is 2.40 bits per heavy atom. The lowest BCUT2D eigenvalue weighted by molar-refractivity contribution is 0.405. The summed E-state index contributed by atoms with van der Waals surface area (Å²) >= 11 is 12.3. The number of halogens is 2. The van der Waals surface area contributed by atoms with Gasteiger partial charge >= 0.3 is 0 Å². The van der Waals surface area contributed by atoms with Crippen molar-refractivity contribution < 1.29 is 4.74 Å². The minimum Gasteiger partial charge on any atom is -0.496 e. The molecule has 2 nitrogen and oxygen atoms in total. The summed E-state index contributed by atoms with van der Waals surface area (Å²) in [4.78, 5) is 0. The van der Waals surface area contributed by atoms with Crippen molar-refractivity contribution in [2.24, 2.45) is 0 Å². The highest BCUT2D eigenvalue weighted by Gasteiger charge is 2.17. The van der Waals surface area contributed by atoms with Crippen molar-refractivity contribution >= 4 is 23.2 Å². The molecule has 0 saturated heterocycles. The molecule has 0 spiro atoms. The molecule has 0 amide bonds. The van der Waals surface area contributed by atoms with E-state index in [-0.39, 0.29) is 6.04 Å². The van der Waals surface area contributed by atoms with Gasteiger partial charge in [0.15, 0.2) is 0 Å². The highest BCUT2D eigenvalue weighted by Crippen LogP contribution is 2.33. The van der Waals surface area contributed by atoms with Crippen LogP contribution in [-0.2, 0) is 0 Å². The van der Waals surface area contributed by atoms with E-state index in [0.29, 0.717) is 5.02 Å². The second-order valence-electron chi connectivity index (χ2n) is 4.67. The van der Waals surface area contributed by atoms with Crippen LogP contribution in [0.1, 0.15) is 22.7 Å². The predicted octanol–water partition coefficient (Wildman–Crippen LogP) is 4.62. The van der Waals surface area contributed by atoms with Gasteiger partial charge in [-0.3, -0.25) is 0 Å². The lowest BCUT2D eigenvalue weighted by atomic mass is 9.96. The van der Waals surface area contributed by atoms with Crippen LogP contribution in [0.15, 0.2) is 36.4 Å². The van der Waals surface area contributed by atoms with E-state index in [0.717, 1.165) is 27.5 Å². The molecule has 0 aliphatic carbocycles. The topological polar surface area (TPSA) is 21.3 Å². The standard InChI is InChI=1S/C16H17Cl2NO/c1-10-6-11(8-13(18)7-10)16(19-2)14-9-12(17)4-5-15(14)20-3/h4-9,16,19H,1-3H3. The van der Waals surface area contributed by atoms with Crippen LogP contribution in [0.4, 0.5) is 0 Å². The molecule has 1 unspecified atom stereocenters. The summed E-state index contributed by atoms with van der Waals surface area (Å²) in [5.74, 6) is 0.798. The molecule has 0 fully saturated rings. The molecule has 1 atom stereocenters. The molecule has 2 aromatic rings. The monoisotopic (exact) mass is 309 g/mol. The molecule has 0 aliphatic rings. The molecule has 0 aliphatic heterocycles. The third kappa shape index (κ3) is 3.26. The highest BCUT2D eigenvalue weighted by molar-refractivity contribution is 6.31. The first-order valence-corrected chi connectivity index (χ1v) is 7.08. The summed E-state index contributed by atoms with van der Waals surface area (Å²) in [6, 6.07) is 11.6. The van der Waals surface area contributed by atoms with E-state index in [9.17, 15) is 0 Å². The smallest absolute Gasteiger partial charge is 0.124 e. The number of rotatable bonds is 4. The fraction of sp³-hybridized carbons (Fsp3) is 0.250. The SMILES string of the molecule is CNC(c1cc(C)cc(Cl)c1)c1cc(Cl)ccc1OC. The van der Waals surface area contributed by atoms with Crippen LogP contribution in [-0.4, -0.2) is 14.2 Å². The van der Waals surface area contributed by atoms with E-state index in [2.05, 4.69) is 11.4 Å². The summed E-state index contributed by atoms with van der Waals surface area (Å²) in [6.45, 7) is 2.03. The zero-order valence-electron chi connectivity index (χ0n) is 11.7. The van der Waals surface area contributed by atoms with E-state index in [1.807, 2.05) is 44.3 Å². The third-order valence-electron chi connectivity index (χ3n) is 3.19. The van der Waals surface area contributed by atoms with Gasteiger partial charge in [-0.2, -0.15) is 0 Å². The Balaban J connectivity index is 2.54. The van der Waals surface area contributed by atoms with Crippen LogP contribution in [0.25, 0.3) is 0 Å². The average Bonchev–Trinajstić information content (AvgIpc) is 2.39. The number of benzene rings is 2. The number of aryl methyl sites for hydroxylation is 1. The molecule has 0 saturated carbocycles. The largest absolute Gasteiger partial charge is 0.496 e. The first kappa shape index (κ1) is 15.2. The van der Waals surface area contributed by atoms with E-state index >= 15 is 0 Å². The lowest BCUT2D eigenvalue weighted by Gasteiger charge is -2.21. The quantitative estimate of drug-likeness (QED) is 0.890. The summed E-state index contributed by atoms with van der Waals surface area (Å²) < 4.78 is 5.43. The van der Waals surface area contributed by atoms with E-state index in [1.165, 1.54) is 0 Å². The number of hydrogen-bond acceptors (Lipinski definition) is 2. The second-order valence-corrected chi connectivity index (χ2v) is 5.54. The van der Waals surface area contributed by atoms with Crippen molar-refractivity contribution in [3.63, 3.8) is 0 Å². The first-order chi connectivity index (χ1) is 9.55. The van der Waals surface area contributed by atoms with Gasteiger partial charge in [-0.15, -0.1) is 0 Å². The van der Waals surface area contributed by atoms with Crippen molar-refractivity contribution in [3.8, 4) is 5.75 Å². The minimum absolute atomic E-state index is 0.0268. The van der Waals surface area contributed by atoms with Gasteiger partial charge in [-0.05, 0) is 55.4 Å². The van der Waals surface area contributed by atoms with Gasteiger partial charge in [0, 0.05) is 15.6 Å². The minimum atomic E-state index is -0.0268. The fourth-order valence-corrected chi connectivity index (χ4v) is 2.84. The Morgan fingerprint density at radius 1 is 1.05 bits per heavy atom.